The number of hydrogen-bond acceptors (Lipinski definition) is 6. The number of benzene rings is 1. The molecule has 1 amide bonds. The summed E-state index contributed by atoms with van der Waals surface area (Å²) in [6.45, 7) is 2.59. The van der Waals surface area contributed by atoms with Crippen molar-refractivity contribution in [1.29, 1.82) is 0 Å². The molecule has 2 aromatic rings. The van der Waals surface area contributed by atoms with Gasteiger partial charge in [0, 0.05) is 25.4 Å². The second-order valence-electron chi connectivity index (χ2n) is 6.21. The molecule has 7 heteroatoms. The van der Waals surface area contributed by atoms with E-state index in [1.165, 1.54) is 18.9 Å². The third kappa shape index (κ3) is 3.77. The van der Waals surface area contributed by atoms with Gasteiger partial charge in [-0.05, 0) is 42.7 Å². The van der Waals surface area contributed by atoms with Gasteiger partial charge in [0.2, 0.25) is 18.6 Å². The van der Waals surface area contributed by atoms with Crippen LogP contribution in [0.15, 0.2) is 36.5 Å². The number of nitrogens with zero attached hydrogens (tertiary/aromatic N) is 3. The van der Waals surface area contributed by atoms with E-state index in [1.807, 2.05) is 24.3 Å². The predicted octanol–water partition coefficient (Wildman–Crippen LogP) is 2.14. The summed E-state index contributed by atoms with van der Waals surface area (Å²) >= 11 is 0. The number of hydrogen-bond donors (Lipinski definition) is 1. The first-order chi connectivity index (χ1) is 12.8. The van der Waals surface area contributed by atoms with Gasteiger partial charge in [-0.1, -0.05) is 6.07 Å². The minimum absolute atomic E-state index is 0.177. The lowest BCUT2D eigenvalue weighted by Crippen LogP contribution is -2.23. The summed E-state index contributed by atoms with van der Waals surface area (Å²) in [5.74, 6) is 1.99. The average Bonchev–Trinajstić information content (AvgIpc) is 3.36. The van der Waals surface area contributed by atoms with Gasteiger partial charge in [-0.2, -0.15) is 0 Å². The zero-order chi connectivity index (χ0) is 17.8. The number of carbonyl (C=O) groups excluding carboxylic acids is 1. The molecule has 1 N–H and O–H groups in total. The van der Waals surface area contributed by atoms with E-state index < -0.39 is 0 Å². The van der Waals surface area contributed by atoms with Crippen LogP contribution >= 0.6 is 0 Å². The molecule has 1 aromatic heterocycles. The van der Waals surface area contributed by atoms with Gasteiger partial charge in [-0.25, -0.2) is 9.97 Å². The Morgan fingerprint density at radius 3 is 2.92 bits per heavy atom. The van der Waals surface area contributed by atoms with Crippen molar-refractivity contribution in [2.24, 2.45) is 0 Å². The molecule has 134 valence electrons. The van der Waals surface area contributed by atoms with E-state index in [-0.39, 0.29) is 12.7 Å². The van der Waals surface area contributed by atoms with Crippen LogP contribution in [0.3, 0.4) is 0 Å². The summed E-state index contributed by atoms with van der Waals surface area (Å²) in [6, 6.07) is 7.38. The van der Waals surface area contributed by atoms with Crippen LogP contribution in [-0.4, -0.2) is 35.8 Å². The quantitative estimate of drug-likeness (QED) is 0.831. The van der Waals surface area contributed by atoms with E-state index in [2.05, 4.69) is 20.2 Å². The third-order valence-electron chi connectivity index (χ3n) is 4.36. The van der Waals surface area contributed by atoms with Crippen LogP contribution in [0.2, 0.25) is 0 Å². The molecule has 1 aromatic carbocycles. The van der Waals surface area contributed by atoms with Gasteiger partial charge in [0.1, 0.15) is 0 Å². The van der Waals surface area contributed by atoms with Crippen molar-refractivity contribution >= 4 is 17.9 Å². The van der Waals surface area contributed by atoms with Crippen molar-refractivity contribution in [3.63, 3.8) is 0 Å². The smallest absolute Gasteiger partial charge is 0.244 e. The van der Waals surface area contributed by atoms with Gasteiger partial charge in [0.15, 0.2) is 11.5 Å². The topological polar surface area (TPSA) is 76.6 Å². The highest BCUT2D eigenvalue weighted by molar-refractivity contribution is 5.91. The number of amides is 1. The highest BCUT2D eigenvalue weighted by Crippen LogP contribution is 2.32. The van der Waals surface area contributed by atoms with Crippen LogP contribution in [0.25, 0.3) is 6.08 Å². The molecule has 26 heavy (non-hydrogen) atoms. The standard InChI is InChI=1S/C19H20N4O3/c24-18(6-4-14-3-5-16-17(11-14)26-13-25-16)21-12-15-7-8-20-19(22-15)23-9-1-2-10-23/h3-8,11H,1-2,9-10,12-13H2,(H,21,24)/b6-4+. The van der Waals surface area contributed by atoms with Crippen LogP contribution in [0.4, 0.5) is 5.95 Å². The fourth-order valence-corrected chi connectivity index (χ4v) is 2.98. The minimum Gasteiger partial charge on any atom is -0.454 e. The van der Waals surface area contributed by atoms with Gasteiger partial charge in [0.25, 0.3) is 0 Å². The van der Waals surface area contributed by atoms with Crippen molar-refractivity contribution in [1.82, 2.24) is 15.3 Å². The Morgan fingerprint density at radius 1 is 1.19 bits per heavy atom. The molecule has 3 heterocycles. The average molecular weight is 352 g/mol. The molecular weight excluding hydrogens is 332 g/mol. The Kier molecular flexibility index (Phi) is 4.68. The largest absolute Gasteiger partial charge is 0.454 e. The SMILES string of the molecule is O=C(/C=C/c1ccc2c(c1)OCO2)NCc1ccnc(N2CCCC2)n1. The summed E-state index contributed by atoms with van der Waals surface area (Å²) in [5.41, 5.74) is 1.68. The maximum Gasteiger partial charge on any atom is 0.244 e. The molecule has 4 rings (SSSR count). The number of nitrogens with one attached hydrogen (secondary N) is 1. The van der Waals surface area contributed by atoms with E-state index in [1.54, 1.807) is 12.3 Å². The van der Waals surface area contributed by atoms with Crippen molar-refractivity contribution in [2.75, 3.05) is 24.8 Å². The second kappa shape index (κ2) is 7.43. The summed E-state index contributed by atoms with van der Waals surface area (Å²) in [7, 11) is 0. The molecule has 0 saturated carbocycles. The maximum atomic E-state index is 12.1. The lowest BCUT2D eigenvalue weighted by Gasteiger charge is -2.15. The molecule has 0 bridgehead atoms. The van der Waals surface area contributed by atoms with Gasteiger partial charge >= 0.3 is 0 Å². The fourth-order valence-electron chi connectivity index (χ4n) is 2.98. The molecule has 0 aliphatic carbocycles. The van der Waals surface area contributed by atoms with Crippen LogP contribution in [0, 0.1) is 0 Å². The van der Waals surface area contributed by atoms with Crippen LogP contribution in [0.5, 0.6) is 11.5 Å². The van der Waals surface area contributed by atoms with Gasteiger partial charge in [0.05, 0.1) is 12.2 Å². The Bertz CT molecular complexity index is 831. The molecule has 0 radical (unpaired) electrons. The predicted molar refractivity (Wildman–Crippen MR) is 96.9 cm³/mol. The highest BCUT2D eigenvalue weighted by atomic mass is 16.7. The first-order valence-electron chi connectivity index (χ1n) is 8.70. The maximum absolute atomic E-state index is 12.1. The molecule has 2 aliphatic rings. The summed E-state index contributed by atoms with van der Waals surface area (Å²) in [6.07, 6.45) is 7.33. The van der Waals surface area contributed by atoms with E-state index >= 15 is 0 Å². The Balaban J connectivity index is 1.33. The lowest BCUT2D eigenvalue weighted by molar-refractivity contribution is -0.116. The number of aromatic nitrogens is 2. The zero-order valence-corrected chi connectivity index (χ0v) is 14.4. The molecule has 0 spiro atoms. The third-order valence-corrected chi connectivity index (χ3v) is 4.36. The first kappa shape index (κ1) is 16.4. The summed E-state index contributed by atoms with van der Waals surface area (Å²) in [4.78, 5) is 23.1. The normalized spacial score (nSPS) is 15.6. The molecule has 0 unspecified atom stereocenters. The minimum atomic E-state index is -0.177. The summed E-state index contributed by atoms with van der Waals surface area (Å²) in [5, 5.41) is 2.85. The highest BCUT2D eigenvalue weighted by Gasteiger charge is 2.15. The Morgan fingerprint density at radius 2 is 2.04 bits per heavy atom. The van der Waals surface area contributed by atoms with Crippen molar-refractivity contribution in [3.05, 3.63) is 47.8 Å². The monoisotopic (exact) mass is 352 g/mol. The van der Waals surface area contributed by atoms with Crippen molar-refractivity contribution in [2.45, 2.75) is 19.4 Å². The molecule has 0 atom stereocenters. The number of fused-ring (bicyclic) bond motifs is 1. The number of rotatable bonds is 5. The van der Waals surface area contributed by atoms with Gasteiger partial charge in [-0.15, -0.1) is 0 Å². The van der Waals surface area contributed by atoms with Gasteiger partial charge in [-0.3, -0.25) is 4.79 Å². The Labute approximate surface area is 151 Å². The first-order valence-corrected chi connectivity index (χ1v) is 8.70. The van der Waals surface area contributed by atoms with E-state index in [4.69, 9.17) is 9.47 Å². The molecule has 1 saturated heterocycles. The fraction of sp³-hybridized carbons (Fsp3) is 0.316. The molecule has 1 fully saturated rings. The molecule has 7 nitrogen and oxygen atoms in total. The lowest BCUT2D eigenvalue weighted by atomic mass is 10.2. The van der Waals surface area contributed by atoms with E-state index in [0.717, 1.165) is 36.0 Å². The van der Waals surface area contributed by atoms with Crippen molar-refractivity contribution < 1.29 is 14.3 Å². The number of ether oxygens (including phenoxy) is 2. The Hall–Kier alpha value is -3.09. The van der Waals surface area contributed by atoms with E-state index in [0.29, 0.717) is 12.3 Å². The zero-order valence-electron chi connectivity index (χ0n) is 14.4. The van der Waals surface area contributed by atoms with Crippen LogP contribution in [0.1, 0.15) is 24.1 Å². The molecular formula is C19H20N4O3. The van der Waals surface area contributed by atoms with Gasteiger partial charge < -0.3 is 19.7 Å². The number of anilines is 1. The summed E-state index contributed by atoms with van der Waals surface area (Å²) < 4.78 is 10.6. The van der Waals surface area contributed by atoms with Crippen LogP contribution < -0.4 is 19.7 Å². The molecule has 2 aliphatic heterocycles. The van der Waals surface area contributed by atoms with Crippen LogP contribution in [-0.2, 0) is 11.3 Å². The number of carbonyl (C=O) groups is 1. The van der Waals surface area contributed by atoms with E-state index in [9.17, 15) is 4.79 Å². The second-order valence-corrected chi connectivity index (χ2v) is 6.21. The van der Waals surface area contributed by atoms with Crippen molar-refractivity contribution in [3.8, 4) is 11.5 Å².